The molecule has 8 nitrogen and oxygen atoms in total. The van der Waals surface area contributed by atoms with Gasteiger partial charge in [-0.3, -0.25) is 4.68 Å². The molecule has 8 heteroatoms. The SMILES string of the molecule is C=CCOC(=O)N1CCC2(CC1)Cn1nc(C(=O)O)cc1CO2. The van der Waals surface area contributed by atoms with Crippen molar-refractivity contribution in [2.45, 2.75) is 31.6 Å². The van der Waals surface area contributed by atoms with Crippen LogP contribution in [0.2, 0.25) is 0 Å². The lowest BCUT2D eigenvalue weighted by molar-refractivity contribution is -0.120. The predicted molar refractivity (Wildman–Crippen MR) is 79.1 cm³/mol. The van der Waals surface area contributed by atoms with Gasteiger partial charge >= 0.3 is 12.1 Å². The van der Waals surface area contributed by atoms with Gasteiger partial charge in [0.2, 0.25) is 0 Å². The smallest absolute Gasteiger partial charge is 0.410 e. The number of carbonyl (C=O) groups is 2. The summed E-state index contributed by atoms with van der Waals surface area (Å²) < 4.78 is 12.7. The minimum atomic E-state index is -1.04. The molecule has 0 bridgehead atoms. The summed E-state index contributed by atoms with van der Waals surface area (Å²) in [6, 6.07) is 1.54. The minimum absolute atomic E-state index is 0.0334. The van der Waals surface area contributed by atoms with Gasteiger partial charge in [0.1, 0.15) is 6.61 Å². The Hall–Kier alpha value is -2.35. The van der Waals surface area contributed by atoms with E-state index in [1.54, 1.807) is 9.58 Å². The summed E-state index contributed by atoms with van der Waals surface area (Å²) in [5, 5.41) is 13.1. The van der Waals surface area contributed by atoms with Gasteiger partial charge in [-0.05, 0) is 18.9 Å². The summed E-state index contributed by atoms with van der Waals surface area (Å²) in [6.45, 7) is 5.63. The van der Waals surface area contributed by atoms with Crippen molar-refractivity contribution in [1.29, 1.82) is 0 Å². The lowest BCUT2D eigenvalue weighted by Crippen LogP contribution is -2.52. The first-order chi connectivity index (χ1) is 11.0. The third-order valence-corrected chi connectivity index (χ3v) is 4.30. The highest BCUT2D eigenvalue weighted by Gasteiger charge is 2.41. The van der Waals surface area contributed by atoms with Crippen molar-refractivity contribution < 1.29 is 24.2 Å². The van der Waals surface area contributed by atoms with Crippen molar-refractivity contribution in [1.82, 2.24) is 14.7 Å². The van der Waals surface area contributed by atoms with Crippen LogP contribution in [0.4, 0.5) is 4.79 Å². The molecule has 1 amide bonds. The average Bonchev–Trinajstić information content (AvgIpc) is 2.96. The Kier molecular flexibility index (Phi) is 4.08. The molecule has 1 N–H and O–H groups in total. The Morgan fingerprint density at radius 2 is 2.22 bits per heavy atom. The highest BCUT2D eigenvalue weighted by molar-refractivity contribution is 5.85. The maximum Gasteiger partial charge on any atom is 0.410 e. The Balaban J connectivity index is 1.63. The molecule has 0 aromatic carbocycles. The number of aromatic carboxylic acids is 1. The molecule has 23 heavy (non-hydrogen) atoms. The normalized spacial score (nSPS) is 19.2. The number of hydrogen-bond donors (Lipinski definition) is 1. The lowest BCUT2D eigenvalue weighted by Gasteiger charge is -2.43. The Morgan fingerprint density at radius 1 is 1.48 bits per heavy atom. The van der Waals surface area contributed by atoms with Gasteiger partial charge in [-0.2, -0.15) is 5.10 Å². The molecule has 0 saturated carbocycles. The summed E-state index contributed by atoms with van der Waals surface area (Å²) in [7, 11) is 0. The van der Waals surface area contributed by atoms with E-state index in [2.05, 4.69) is 11.7 Å². The van der Waals surface area contributed by atoms with Gasteiger partial charge in [-0.25, -0.2) is 9.59 Å². The minimum Gasteiger partial charge on any atom is -0.476 e. The standard InChI is InChI=1S/C15H19N3O5/c1-2-7-22-14(21)17-5-3-15(4-6-17)10-18-11(9-23-15)8-12(16-18)13(19)20/h2,8H,1,3-7,9-10H2,(H,19,20). The second kappa shape index (κ2) is 6.04. The topological polar surface area (TPSA) is 93.9 Å². The predicted octanol–water partition coefficient (Wildman–Crippen LogP) is 1.27. The molecule has 1 aromatic rings. The molecule has 1 spiro atoms. The number of amides is 1. The Bertz CT molecular complexity index is 631. The van der Waals surface area contributed by atoms with Crippen molar-refractivity contribution >= 4 is 12.1 Å². The molecule has 0 unspecified atom stereocenters. The molecule has 0 radical (unpaired) electrons. The first-order valence-electron chi connectivity index (χ1n) is 7.50. The second-order valence-electron chi connectivity index (χ2n) is 5.81. The quantitative estimate of drug-likeness (QED) is 0.843. The summed E-state index contributed by atoms with van der Waals surface area (Å²) in [5.74, 6) is -1.04. The van der Waals surface area contributed by atoms with Gasteiger partial charge in [0.15, 0.2) is 5.69 Å². The van der Waals surface area contributed by atoms with Crippen LogP contribution in [0.3, 0.4) is 0 Å². The number of nitrogens with zero attached hydrogens (tertiary/aromatic N) is 3. The third-order valence-electron chi connectivity index (χ3n) is 4.30. The van der Waals surface area contributed by atoms with Crippen LogP contribution < -0.4 is 0 Å². The van der Waals surface area contributed by atoms with E-state index in [1.165, 1.54) is 12.1 Å². The van der Waals surface area contributed by atoms with Crippen molar-refractivity contribution in [3.05, 3.63) is 30.1 Å². The summed E-state index contributed by atoms with van der Waals surface area (Å²) in [6.07, 6.45) is 2.52. The van der Waals surface area contributed by atoms with Crippen LogP contribution in [0.25, 0.3) is 0 Å². The van der Waals surface area contributed by atoms with E-state index in [0.29, 0.717) is 39.1 Å². The van der Waals surface area contributed by atoms with Crippen LogP contribution in [0.5, 0.6) is 0 Å². The maximum absolute atomic E-state index is 11.8. The van der Waals surface area contributed by atoms with Crippen LogP contribution >= 0.6 is 0 Å². The van der Waals surface area contributed by atoms with Gasteiger partial charge in [0.25, 0.3) is 0 Å². The van der Waals surface area contributed by atoms with Gasteiger partial charge in [-0.1, -0.05) is 12.7 Å². The molecule has 0 atom stereocenters. The zero-order valence-corrected chi connectivity index (χ0v) is 12.7. The molecule has 2 aliphatic heterocycles. The van der Waals surface area contributed by atoms with Crippen LogP contribution in [0, 0.1) is 0 Å². The van der Waals surface area contributed by atoms with E-state index in [1.807, 2.05) is 0 Å². The number of carboxylic acids is 1. The average molecular weight is 321 g/mol. The van der Waals surface area contributed by atoms with Gasteiger partial charge < -0.3 is 19.5 Å². The highest BCUT2D eigenvalue weighted by atomic mass is 16.6. The molecule has 1 saturated heterocycles. The summed E-state index contributed by atoms with van der Waals surface area (Å²) in [4.78, 5) is 24.5. The van der Waals surface area contributed by atoms with Gasteiger partial charge in [0.05, 0.1) is 24.4 Å². The number of ether oxygens (including phenoxy) is 2. The van der Waals surface area contributed by atoms with E-state index in [-0.39, 0.29) is 18.4 Å². The number of fused-ring (bicyclic) bond motifs is 1. The lowest BCUT2D eigenvalue weighted by atomic mass is 9.90. The fourth-order valence-electron chi connectivity index (χ4n) is 2.98. The van der Waals surface area contributed by atoms with Crippen molar-refractivity contribution in [2.75, 3.05) is 19.7 Å². The first kappa shape index (κ1) is 15.5. The number of aromatic nitrogens is 2. The summed E-state index contributed by atoms with van der Waals surface area (Å²) in [5.41, 5.74) is 0.399. The van der Waals surface area contributed by atoms with Crippen molar-refractivity contribution in [3.8, 4) is 0 Å². The molecule has 1 fully saturated rings. The fraction of sp³-hybridized carbons (Fsp3) is 0.533. The molecule has 124 valence electrons. The van der Waals surface area contributed by atoms with E-state index in [0.717, 1.165) is 5.69 Å². The van der Waals surface area contributed by atoms with E-state index in [9.17, 15) is 9.59 Å². The zero-order chi connectivity index (χ0) is 16.4. The monoisotopic (exact) mass is 321 g/mol. The highest BCUT2D eigenvalue weighted by Crippen LogP contribution is 2.33. The number of piperidine rings is 1. The maximum atomic E-state index is 11.8. The Labute approximate surface area is 133 Å². The van der Waals surface area contributed by atoms with Crippen LogP contribution in [-0.4, -0.2) is 57.1 Å². The second-order valence-corrected chi connectivity index (χ2v) is 5.81. The molecule has 3 heterocycles. The number of carbonyl (C=O) groups excluding carboxylic acids is 1. The van der Waals surface area contributed by atoms with E-state index in [4.69, 9.17) is 14.6 Å². The van der Waals surface area contributed by atoms with E-state index >= 15 is 0 Å². The van der Waals surface area contributed by atoms with Crippen LogP contribution in [0.15, 0.2) is 18.7 Å². The third kappa shape index (κ3) is 3.07. The van der Waals surface area contributed by atoms with Gasteiger partial charge in [-0.15, -0.1) is 0 Å². The molecule has 1 aromatic heterocycles. The number of hydrogen-bond acceptors (Lipinski definition) is 5. The van der Waals surface area contributed by atoms with Crippen LogP contribution in [-0.2, 0) is 22.6 Å². The van der Waals surface area contributed by atoms with Crippen molar-refractivity contribution in [3.63, 3.8) is 0 Å². The van der Waals surface area contributed by atoms with Crippen molar-refractivity contribution in [2.24, 2.45) is 0 Å². The van der Waals surface area contributed by atoms with Gasteiger partial charge in [0, 0.05) is 13.1 Å². The zero-order valence-electron chi connectivity index (χ0n) is 12.7. The Morgan fingerprint density at radius 3 is 2.87 bits per heavy atom. The molecule has 2 aliphatic rings. The molecular formula is C15H19N3O5. The van der Waals surface area contributed by atoms with E-state index < -0.39 is 11.6 Å². The first-order valence-corrected chi connectivity index (χ1v) is 7.50. The number of rotatable bonds is 3. The fourth-order valence-corrected chi connectivity index (χ4v) is 2.98. The number of carboxylic acid groups (broad SMARTS) is 1. The van der Waals surface area contributed by atoms with Crippen LogP contribution in [0.1, 0.15) is 29.0 Å². The molecule has 3 rings (SSSR count). The summed E-state index contributed by atoms with van der Waals surface area (Å²) >= 11 is 0. The molecule has 0 aliphatic carbocycles. The molecular weight excluding hydrogens is 302 g/mol. The number of likely N-dealkylation sites (tertiary alicyclic amines) is 1. The largest absolute Gasteiger partial charge is 0.476 e.